The molecule has 1 saturated heterocycles. The minimum Gasteiger partial charge on any atom is -0.478 e. The number of carboxylic acids is 1. The Hall–Kier alpha value is -3.28. The highest BCUT2D eigenvalue weighted by atomic mass is 19.1. The molecule has 0 bridgehead atoms. The van der Waals surface area contributed by atoms with Gasteiger partial charge in [-0.15, -0.1) is 0 Å². The summed E-state index contributed by atoms with van der Waals surface area (Å²) < 4.78 is 13.5. The van der Waals surface area contributed by atoms with Gasteiger partial charge < -0.3 is 10.0 Å². The number of anilines is 1. The molecule has 2 heterocycles. The van der Waals surface area contributed by atoms with Gasteiger partial charge in [-0.2, -0.15) is 0 Å². The van der Waals surface area contributed by atoms with Crippen LogP contribution < -0.4 is 4.90 Å². The van der Waals surface area contributed by atoms with Crippen LogP contribution in [0.25, 0.3) is 0 Å². The van der Waals surface area contributed by atoms with Crippen molar-refractivity contribution in [3.05, 3.63) is 89.0 Å². The van der Waals surface area contributed by atoms with E-state index in [-0.39, 0.29) is 11.4 Å². The number of halogens is 1. The lowest BCUT2D eigenvalue weighted by atomic mass is 9.96. The number of nitrogens with zero attached hydrogens (tertiary/aromatic N) is 3. The molecular weight excluding hydrogens is 405 g/mol. The third kappa shape index (κ3) is 5.49. The van der Waals surface area contributed by atoms with Gasteiger partial charge in [0, 0.05) is 18.8 Å². The van der Waals surface area contributed by atoms with E-state index in [1.165, 1.54) is 30.3 Å². The molecule has 0 unspecified atom stereocenters. The molecule has 0 radical (unpaired) electrons. The number of hydrogen-bond donors (Lipinski definition) is 1. The van der Waals surface area contributed by atoms with E-state index in [2.05, 4.69) is 34.1 Å². The zero-order chi connectivity index (χ0) is 22.3. The first-order chi connectivity index (χ1) is 15.6. The fourth-order valence-corrected chi connectivity index (χ4v) is 4.41. The molecule has 0 spiro atoms. The smallest absolute Gasteiger partial charge is 0.339 e. The van der Waals surface area contributed by atoms with Crippen LogP contribution in [-0.4, -0.2) is 33.6 Å². The van der Waals surface area contributed by atoms with Crippen molar-refractivity contribution in [1.29, 1.82) is 0 Å². The lowest BCUT2D eigenvalue weighted by Gasteiger charge is -2.36. The predicted molar refractivity (Wildman–Crippen MR) is 123 cm³/mol. The number of piperidine rings is 1. The molecule has 1 fully saturated rings. The molecule has 32 heavy (non-hydrogen) atoms. The van der Waals surface area contributed by atoms with Gasteiger partial charge in [0.05, 0.1) is 11.3 Å². The molecule has 0 aliphatic carbocycles. The van der Waals surface area contributed by atoms with Crippen LogP contribution in [0.2, 0.25) is 0 Å². The molecule has 6 heteroatoms. The Morgan fingerprint density at radius 3 is 2.62 bits per heavy atom. The fraction of sp³-hybridized carbons (Fsp3) is 0.346. The van der Waals surface area contributed by atoms with Crippen LogP contribution in [0.1, 0.15) is 52.9 Å². The highest BCUT2D eigenvalue weighted by Crippen LogP contribution is 2.26. The molecule has 0 amide bonds. The second-order valence-corrected chi connectivity index (χ2v) is 8.33. The first-order valence-electron chi connectivity index (χ1n) is 11.2. The van der Waals surface area contributed by atoms with Crippen molar-refractivity contribution >= 4 is 11.9 Å². The Morgan fingerprint density at radius 2 is 1.84 bits per heavy atom. The van der Waals surface area contributed by atoms with E-state index in [1.807, 2.05) is 12.1 Å². The van der Waals surface area contributed by atoms with Gasteiger partial charge in [-0.1, -0.05) is 42.5 Å². The Morgan fingerprint density at radius 1 is 1.03 bits per heavy atom. The Balaban J connectivity index is 1.53. The molecule has 4 rings (SSSR count). The van der Waals surface area contributed by atoms with Gasteiger partial charge in [0.25, 0.3) is 0 Å². The van der Waals surface area contributed by atoms with E-state index in [0.717, 1.165) is 37.8 Å². The van der Waals surface area contributed by atoms with Crippen LogP contribution in [0.5, 0.6) is 0 Å². The first kappa shape index (κ1) is 21.9. The lowest BCUT2D eigenvalue weighted by Crippen LogP contribution is -2.41. The summed E-state index contributed by atoms with van der Waals surface area (Å²) in [5.41, 5.74) is 2.75. The molecule has 1 aliphatic rings. The second kappa shape index (κ2) is 10.4. The summed E-state index contributed by atoms with van der Waals surface area (Å²) in [5.74, 6) is -0.731. The van der Waals surface area contributed by atoms with Crippen LogP contribution in [0, 0.1) is 5.82 Å². The minimum atomic E-state index is -1.04. The third-order valence-corrected chi connectivity index (χ3v) is 6.12. The summed E-state index contributed by atoms with van der Waals surface area (Å²) >= 11 is 0. The van der Waals surface area contributed by atoms with Crippen molar-refractivity contribution in [1.82, 2.24) is 9.97 Å². The second-order valence-electron chi connectivity index (χ2n) is 8.33. The Bertz CT molecular complexity index is 1060. The number of aromatic carboxylic acids is 1. The van der Waals surface area contributed by atoms with Gasteiger partial charge in [-0.05, 0) is 68.2 Å². The maximum Gasteiger partial charge on any atom is 0.339 e. The van der Waals surface area contributed by atoms with E-state index in [9.17, 15) is 14.3 Å². The highest BCUT2D eigenvalue weighted by Gasteiger charge is 2.26. The lowest BCUT2D eigenvalue weighted by molar-refractivity contribution is 0.0694. The van der Waals surface area contributed by atoms with Gasteiger partial charge in [-0.3, -0.25) is 0 Å². The molecule has 3 aromatic rings. The predicted octanol–water partition coefficient (Wildman–Crippen LogP) is 5.09. The number of aromatic nitrogens is 2. The van der Waals surface area contributed by atoms with Gasteiger partial charge in [0.2, 0.25) is 5.95 Å². The standard InChI is InChI=1S/C26H28FN3O2/c27-21-10-6-9-20(17-21)13-15-24-23(25(31)32)18-28-26(29-24)30-16-5-4-11-22(30)14-12-19-7-2-1-3-8-19/h1-3,6-10,17-18,22H,4-5,11-16H2,(H,31,32)/t22-/m1/s1. The molecule has 0 saturated carbocycles. The largest absolute Gasteiger partial charge is 0.478 e. The zero-order valence-electron chi connectivity index (χ0n) is 18.1. The van der Waals surface area contributed by atoms with Crippen molar-refractivity contribution in [3.63, 3.8) is 0 Å². The zero-order valence-corrected chi connectivity index (χ0v) is 18.1. The quantitative estimate of drug-likeness (QED) is 0.536. The average molecular weight is 434 g/mol. The number of carbonyl (C=O) groups is 1. The first-order valence-corrected chi connectivity index (χ1v) is 11.2. The maximum atomic E-state index is 13.5. The number of aryl methyl sites for hydroxylation is 3. The van der Waals surface area contributed by atoms with Crippen molar-refractivity contribution in [2.45, 2.75) is 51.0 Å². The van der Waals surface area contributed by atoms with Gasteiger partial charge in [0.15, 0.2) is 0 Å². The van der Waals surface area contributed by atoms with Crippen LogP contribution >= 0.6 is 0 Å². The minimum absolute atomic E-state index is 0.114. The summed E-state index contributed by atoms with van der Waals surface area (Å²) in [7, 11) is 0. The van der Waals surface area contributed by atoms with Gasteiger partial charge >= 0.3 is 5.97 Å². The topological polar surface area (TPSA) is 66.3 Å². The van der Waals surface area contributed by atoms with Crippen molar-refractivity contribution < 1.29 is 14.3 Å². The summed E-state index contributed by atoms with van der Waals surface area (Å²) in [6.07, 6.45) is 7.69. The van der Waals surface area contributed by atoms with Gasteiger partial charge in [-0.25, -0.2) is 19.2 Å². The number of carboxylic acid groups (broad SMARTS) is 1. The third-order valence-electron chi connectivity index (χ3n) is 6.12. The van der Waals surface area contributed by atoms with Crippen molar-refractivity contribution in [2.75, 3.05) is 11.4 Å². The van der Waals surface area contributed by atoms with Crippen molar-refractivity contribution in [3.8, 4) is 0 Å². The van der Waals surface area contributed by atoms with E-state index in [0.29, 0.717) is 30.5 Å². The highest BCUT2D eigenvalue weighted by molar-refractivity contribution is 5.88. The van der Waals surface area contributed by atoms with Crippen molar-refractivity contribution in [2.24, 2.45) is 0 Å². The molecule has 1 N–H and O–H groups in total. The normalized spacial score (nSPS) is 16.2. The fourth-order valence-electron chi connectivity index (χ4n) is 4.41. The summed E-state index contributed by atoms with van der Waals surface area (Å²) in [5, 5.41) is 9.62. The van der Waals surface area contributed by atoms with E-state index in [4.69, 9.17) is 4.98 Å². The van der Waals surface area contributed by atoms with Crippen LogP contribution in [0.3, 0.4) is 0 Å². The molecule has 1 atom stereocenters. The Labute approximate surface area is 188 Å². The SMILES string of the molecule is O=C(O)c1cnc(N2CCCC[C@@H]2CCc2ccccc2)nc1CCc1cccc(F)c1. The monoisotopic (exact) mass is 433 g/mol. The molecule has 1 aliphatic heterocycles. The van der Waals surface area contributed by atoms with Crippen LogP contribution in [0.15, 0.2) is 60.8 Å². The molecule has 2 aromatic carbocycles. The number of rotatable bonds is 8. The van der Waals surface area contributed by atoms with E-state index in [1.54, 1.807) is 6.07 Å². The number of benzene rings is 2. The molecule has 1 aromatic heterocycles. The number of hydrogen-bond acceptors (Lipinski definition) is 4. The van der Waals surface area contributed by atoms with Crippen LogP contribution in [-0.2, 0) is 19.3 Å². The van der Waals surface area contributed by atoms with E-state index >= 15 is 0 Å². The maximum absolute atomic E-state index is 13.5. The van der Waals surface area contributed by atoms with Gasteiger partial charge in [0.1, 0.15) is 5.82 Å². The molecule has 166 valence electrons. The van der Waals surface area contributed by atoms with E-state index < -0.39 is 5.97 Å². The average Bonchev–Trinajstić information content (AvgIpc) is 2.82. The molecule has 5 nitrogen and oxygen atoms in total. The summed E-state index contributed by atoms with van der Waals surface area (Å²) in [6.45, 7) is 0.870. The molecular formula is C26H28FN3O2. The summed E-state index contributed by atoms with van der Waals surface area (Å²) in [6, 6.07) is 17.2. The summed E-state index contributed by atoms with van der Waals surface area (Å²) in [4.78, 5) is 23.1. The Kier molecular flexibility index (Phi) is 7.10. The van der Waals surface area contributed by atoms with Crippen LogP contribution in [0.4, 0.5) is 10.3 Å².